The van der Waals surface area contributed by atoms with E-state index in [9.17, 15) is 36.6 Å². The number of hydrogen-bond acceptors (Lipinski definition) is 5. The number of fused-ring (bicyclic) bond motifs is 2. The number of carboxylic acids is 1. The van der Waals surface area contributed by atoms with Crippen molar-refractivity contribution in [1.29, 1.82) is 0 Å². The lowest BCUT2D eigenvalue weighted by atomic mass is 9.76. The van der Waals surface area contributed by atoms with Crippen LogP contribution in [0.2, 0.25) is 0 Å². The summed E-state index contributed by atoms with van der Waals surface area (Å²) in [5, 5.41) is 15.8. The SMILES string of the molecule is O=C(O)[C@H](Cc1cccc2c(-c3nccc4ccc(CCCN5CCCCC5)cc34)cccc12)NC(=O)C1(C(F)(F)F)CCN(CC(F)F)CC1. The molecule has 1 aromatic heterocycles. The van der Waals surface area contributed by atoms with Crippen molar-refractivity contribution in [2.45, 2.75) is 70.0 Å². The van der Waals surface area contributed by atoms with E-state index in [1.54, 1.807) is 18.3 Å². The van der Waals surface area contributed by atoms with Crippen LogP contribution < -0.4 is 5.32 Å². The first kappa shape index (κ1) is 36.6. The number of pyridine rings is 1. The van der Waals surface area contributed by atoms with Crippen molar-refractivity contribution in [3.05, 3.63) is 78.0 Å². The molecule has 2 saturated heterocycles. The van der Waals surface area contributed by atoms with E-state index in [-0.39, 0.29) is 19.5 Å². The molecule has 12 heteroatoms. The molecule has 51 heavy (non-hydrogen) atoms. The van der Waals surface area contributed by atoms with E-state index in [1.165, 1.54) is 29.7 Å². The number of alkyl halides is 5. The molecule has 2 aliphatic heterocycles. The van der Waals surface area contributed by atoms with Crippen LogP contribution in [-0.2, 0) is 22.4 Å². The number of nitrogens with zero attached hydrogens (tertiary/aromatic N) is 3. The van der Waals surface area contributed by atoms with Gasteiger partial charge >= 0.3 is 12.1 Å². The van der Waals surface area contributed by atoms with Crippen molar-refractivity contribution in [1.82, 2.24) is 20.1 Å². The summed E-state index contributed by atoms with van der Waals surface area (Å²) in [6.07, 6.45) is -1.89. The summed E-state index contributed by atoms with van der Waals surface area (Å²) in [5.74, 6) is -2.93. The second-order valence-corrected chi connectivity index (χ2v) is 13.9. The lowest BCUT2D eigenvalue weighted by molar-refractivity contribution is -0.233. The Morgan fingerprint density at radius 3 is 2.31 bits per heavy atom. The van der Waals surface area contributed by atoms with E-state index < -0.39 is 55.3 Å². The second kappa shape index (κ2) is 15.6. The number of hydrogen-bond donors (Lipinski definition) is 2. The van der Waals surface area contributed by atoms with Crippen LogP contribution in [-0.4, -0.2) is 89.7 Å². The van der Waals surface area contributed by atoms with Crippen molar-refractivity contribution in [3.8, 4) is 11.3 Å². The largest absolute Gasteiger partial charge is 0.480 e. The van der Waals surface area contributed by atoms with E-state index in [2.05, 4.69) is 28.4 Å². The Balaban J connectivity index is 1.25. The van der Waals surface area contributed by atoms with Gasteiger partial charge in [-0.15, -0.1) is 0 Å². The Hall–Kier alpha value is -4.16. The number of carbonyl (C=O) groups excluding carboxylic acids is 1. The number of likely N-dealkylation sites (tertiary alicyclic amines) is 2. The Morgan fingerprint density at radius 1 is 0.882 bits per heavy atom. The number of aliphatic carboxylic acids is 1. The molecule has 272 valence electrons. The van der Waals surface area contributed by atoms with Gasteiger partial charge in [-0.1, -0.05) is 55.0 Å². The minimum atomic E-state index is -5.00. The number of aromatic nitrogens is 1. The molecule has 0 saturated carbocycles. The fraction of sp³-hybridized carbons (Fsp3) is 0.462. The lowest BCUT2D eigenvalue weighted by Crippen LogP contribution is -2.59. The zero-order chi connectivity index (χ0) is 36.2. The highest BCUT2D eigenvalue weighted by atomic mass is 19.4. The molecule has 1 amide bonds. The van der Waals surface area contributed by atoms with E-state index in [0.717, 1.165) is 59.9 Å². The van der Waals surface area contributed by atoms with Gasteiger partial charge < -0.3 is 15.3 Å². The number of benzene rings is 3. The third-order valence-corrected chi connectivity index (χ3v) is 10.6. The number of piperidine rings is 2. The van der Waals surface area contributed by atoms with Gasteiger partial charge in [-0.05, 0) is 111 Å². The highest BCUT2D eigenvalue weighted by molar-refractivity contribution is 6.05. The Morgan fingerprint density at radius 2 is 1.61 bits per heavy atom. The highest BCUT2D eigenvalue weighted by Gasteiger charge is 2.61. The first-order chi connectivity index (χ1) is 24.4. The molecule has 4 aromatic rings. The van der Waals surface area contributed by atoms with Gasteiger partial charge in [0.1, 0.15) is 11.5 Å². The van der Waals surface area contributed by atoms with Gasteiger partial charge in [-0.25, -0.2) is 13.6 Å². The molecule has 0 unspecified atom stereocenters. The summed E-state index contributed by atoms with van der Waals surface area (Å²) >= 11 is 0. The van der Waals surface area contributed by atoms with Crippen molar-refractivity contribution in [2.24, 2.45) is 5.41 Å². The quantitative estimate of drug-likeness (QED) is 0.148. The van der Waals surface area contributed by atoms with Crippen LogP contribution in [0.25, 0.3) is 32.8 Å². The van der Waals surface area contributed by atoms with Gasteiger partial charge in [0.2, 0.25) is 5.91 Å². The maximum atomic E-state index is 14.4. The van der Waals surface area contributed by atoms with Crippen LogP contribution in [0, 0.1) is 5.41 Å². The lowest BCUT2D eigenvalue weighted by Gasteiger charge is -2.41. The molecule has 7 nitrogen and oxygen atoms in total. The predicted molar refractivity (Wildman–Crippen MR) is 187 cm³/mol. The number of aryl methyl sites for hydroxylation is 1. The summed E-state index contributed by atoms with van der Waals surface area (Å²) in [5.41, 5.74) is 0.464. The van der Waals surface area contributed by atoms with Gasteiger partial charge in [0.25, 0.3) is 6.43 Å². The number of carboxylic acid groups (broad SMARTS) is 1. The van der Waals surface area contributed by atoms with Crippen LogP contribution in [0.1, 0.15) is 49.7 Å². The van der Waals surface area contributed by atoms with Crippen LogP contribution in [0.4, 0.5) is 22.0 Å². The molecule has 3 aromatic carbocycles. The van der Waals surface area contributed by atoms with Crippen LogP contribution in [0.3, 0.4) is 0 Å². The van der Waals surface area contributed by atoms with Gasteiger partial charge in [-0.2, -0.15) is 13.2 Å². The van der Waals surface area contributed by atoms with Crippen molar-refractivity contribution in [2.75, 3.05) is 39.3 Å². The summed E-state index contributed by atoms with van der Waals surface area (Å²) in [6.45, 7) is 1.98. The fourth-order valence-corrected chi connectivity index (χ4v) is 7.70. The van der Waals surface area contributed by atoms with Crippen molar-refractivity contribution in [3.63, 3.8) is 0 Å². The minimum Gasteiger partial charge on any atom is -0.480 e. The Kier molecular flexibility index (Phi) is 11.2. The predicted octanol–water partition coefficient (Wildman–Crippen LogP) is 7.50. The average Bonchev–Trinajstić information content (AvgIpc) is 3.11. The zero-order valence-electron chi connectivity index (χ0n) is 28.4. The maximum Gasteiger partial charge on any atom is 0.403 e. The normalized spacial score (nSPS) is 17.9. The fourth-order valence-electron chi connectivity index (χ4n) is 7.70. The van der Waals surface area contributed by atoms with Gasteiger partial charge in [-0.3, -0.25) is 14.7 Å². The van der Waals surface area contributed by atoms with Crippen LogP contribution in [0.5, 0.6) is 0 Å². The van der Waals surface area contributed by atoms with Gasteiger partial charge in [0.05, 0.1) is 12.2 Å². The standard InChI is InChI=1S/C39H43F5N4O3/c40-34(41)25-48-21-15-38(16-22-48,39(42,43)44)37(51)46-33(36(49)50)24-28-8-4-10-30-29(28)9-5-11-31(30)35-32-23-26(12-13-27(32)14-17-45-35)7-6-20-47-18-2-1-3-19-47/h4-5,8-14,17,23,33-34H,1-3,6-7,15-16,18-22,24-25H2,(H,46,51)(H,49,50)/t33-/m0/s1. The number of rotatable bonds is 12. The van der Waals surface area contributed by atoms with Crippen molar-refractivity contribution >= 4 is 33.4 Å². The molecule has 0 radical (unpaired) electrons. The molecule has 6 rings (SSSR count). The van der Waals surface area contributed by atoms with Crippen LogP contribution in [0.15, 0.2) is 66.9 Å². The van der Waals surface area contributed by atoms with Crippen molar-refractivity contribution < 1.29 is 36.6 Å². The summed E-state index contributed by atoms with van der Waals surface area (Å²) in [6, 6.07) is 17.7. The molecular weight excluding hydrogens is 667 g/mol. The van der Waals surface area contributed by atoms with E-state index in [4.69, 9.17) is 4.98 Å². The zero-order valence-corrected chi connectivity index (χ0v) is 28.4. The van der Waals surface area contributed by atoms with E-state index in [0.29, 0.717) is 10.9 Å². The smallest absolute Gasteiger partial charge is 0.403 e. The monoisotopic (exact) mass is 710 g/mol. The number of amides is 1. The number of halogens is 5. The highest BCUT2D eigenvalue weighted by Crippen LogP contribution is 2.47. The average molecular weight is 711 g/mol. The van der Waals surface area contributed by atoms with Crippen LogP contribution >= 0.6 is 0 Å². The molecule has 2 N–H and O–H groups in total. The number of carbonyl (C=O) groups is 2. The van der Waals surface area contributed by atoms with Gasteiger partial charge in [0, 0.05) is 23.6 Å². The Labute approximate surface area is 293 Å². The molecule has 3 heterocycles. The molecular formula is C39H43F5N4O3. The first-order valence-corrected chi connectivity index (χ1v) is 17.7. The maximum absolute atomic E-state index is 14.4. The molecule has 0 spiro atoms. The molecule has 1 atom stereocenters. The third kappa shape index (κ3) is 8.17. The summed E-state index contributed by atoms with van der Waals surface area (Å²) in [7, 11) is 0. The second-order valence-electron chi connectivity index (χ2n) is 13.9. The molecule has 0 aliphatic carbocycles. The summed E-state index contributed by atoms with van der Waals surface area (Å²) in [4.78, 5) is 34.2. The minimum absolute atomic E-state index is 0.266. The Bertz CT molecular complexity index is 1850. The number of nitrogens with one attached hydrogen (secondary N) is 1. The topological polar surface area (TPSA) is 85.8 Å². The summed E-state index contributed by atoms with van der Waals surface area (Å²) < 4.78 is 69.0. The van der Waals surface area contributed by atoms with E-state index >= 15 is 0 Å². The van der Waals surface area contributed by atoms with Gasteiger partial charge in [0.15, 0.2) is 0 Å². The van der Waals surface area contributed by atoms with E-state index in [1.807, 2.05) is 30.3 Å². The molecule has 0 bridgehead atoms. The first-order valence-electron chi connectivity index (χ1n) is 17.7. The molecule has 2 aliphatic rings. The molecule has 2 fully saturated rings. The third-order valence-electron chi connectivity index (χ3n) is 10.6.